The Morgan fingerprint density at radius 3 is 2.87 bits per heavy atom. The van der Waals surface area contributed by atoms with E-state index in [0.717, 1.165) is 18.4 Å². The predicted octanol–water partition coefficient (Wildman–Crippen LogP) is 1.18. The fourth-order valence-corrected chi connectivity index (χ4v) is 3.11. The van der Waals surface area contributed by atoms with Gasteiger partial charge in [-0.15, -0.1) is 0 Å². The van der Waals surface area contributed by atoms with Gasteiger partial charge in [-0.05, 0) is 13.8 Å². The second kappa shape index (κ2) is 6.74. The van der Waals surface area contributed by atoms with Crippen molar-refractivity contribution in [2.45, 2.75) is 38.2 Å². The molecule has 0 saturated carbocycles. The average molecular weight is 232 g/mol. The Bertz CT molecular complexity index is 180. The van der Waals surface area contributed by atoms with E-state index in [0.29, 0.717) is 12.6 Å². The third-order valence-corrected chi connectivity index (χ3v) is 4.46. The van der Waals surface area contributed by atoms with Gasteiger partial charge in [-0.25, -0.2) is 0 Å². The smallest absolute Gasteiger partial charge is 0.0823 e. The first-order valence-electron chi connectivity index (χ1n) is 5.86. The van der Waals surface area contributed by atoms with E-state index in [-0.39, 0.29) is 6.10 Å². The van der Waals surface area contributed by atoms with Crippen LogP contribution in [0.4, 0.5) is 0 Å². The number of hydrogen-bond donors (Lipinski definition) is 1. The molecule has 0 aromatic rings. The minimum Gasteiger partial charge on any atom is -0.376 e. The highest BCUT2D eigenvalue weighted by molar-refractivity contribution is 8.00. The largest absolute Gasteiger partial charge is 0.376 e. The van der Waals surface area contributed by atoms with Gasteiger partial charge in [0.25, 0.3) is 0 Å². The Balaban J connectivity index is 2.40. The normalized spacial score (nSPS) is 30.4. The molecule has 1 fully saturated rings. The molecule has 3 atom stereocenters. The Labute approximate surface area is 97.7 Å². The zero-order chi connectivity index (χ0) is 11.3. The van der Waals surface area contributed by atoms with E-state index in [9.17, 15) is 0 Å². The lowest BCUT2D eigenvalue weighted by Crippen LogP contribution is -2.49. The Morgan fingerprint density at radius 1 is 1.53 bits per heavy atom. The first-order chi connectivity index (χ1) is 7.19. The van der Waals surface area contributed by atoms with Crippen LogP contribution in [-0.2, 0) is 4.74 Å². The van der Waals surface area contributed by atoms with Crippen molar-refractivity contribution in [3.63, 3.8) is 0 Å². The van der Waals surface area contributed by atoms with Crippen LogP contribution in [0, 0.1) is 0 Å². The minimum atomic E-state index is 0.202. The summed E-state index contributed by atoms with van der Waals surface area (Å²) >= 11 is 2.06. The lowest BCUT2D eigenvalue weighted by atomic mass is 10.2. The Hall–Kier alpha value is 0.230. The van der Waals surface area contributed by atoms with Gasteiger partial charge in [-0.1, -0.05) is 6.92 Å². The summed E-state index contributed by atoms with van der Waals surface area (Å²) in [6.45, 7) is 10.2. The highest BCUT2D eigenvalue weighted by Gasteiger charge is 2.26. The molecule has 0 amide bonds. The van der Waals surface area contributed by atoms with Gasteiger partial charge in [0.1, 0.15) is 0 Å². The van der Waals surface area contributed by atoms with Crippen molar-refractivity contribution < 1.29 is 4.74 Å². The summed E-state index contributed by atoms with van der Waals surface area (Å²) in [5.41, 5.74) is 5.70. The molecule has 90 valence electrons. The van der Waals surface area contributed by atoms with Crippen LogP contribution in [0.15, 0.2) is 0 Å². The maximum absolute atomic E-state index is 5.70. The number of nitrogens with zero attached hydrogens (tertiary/aromatic N) is 1. The van der Waals surface area contributed by atoms with Crippen molar-refractivity contribution in [3.8, 4) is 0 Å². The molecule has 0 radical (unpaired) electrons. The lowest BCUT2D eigenvalue weighted by Gasteiger charge is -2.39. The standard InChI is InChI=1S/C11H24N2OS/c1-4-14-11(7-12)8-13-5-6-15-10(3)9(13)2/h9-11H,4-8,12H2,1-3H3. The van der Waals surface area contributed by atoms with Gasteiger partial charge in [-0.3, -0.25) is 4.90 Å². The quantitative estimate of drug-likeness (QED) is 0.772. The van der Waals surface area contributed by atoms with Gasteiger partial charge in [0.15, 0.2) is 0 Å². The van der Waals surface area contributed by atoms with Gasteiger partial charge in [0.05, 0.1) is 6.10 Å². The van der Waals surface area contributed by atoms with Gasteiger partial charge < -0.3 is 10.5 Å². The van der Waals surface area contributed by atoms with Crippen LogP contribution >= 0.6 is 11.8 Å². The molecule has 1 aliphatic rings. The number of thioether (sulfide) groups is 1. The van der Waals surface area contributed by atoms with Crippen molar-refractivity contribution >= 4 is 11.8 Å². The van der Waals surface area contributed by atoms with Gasteiger partial charge in [0.2, 0.25) is 0 Å². The molecule has 4 heteroatoms. The number of ether oxygens (including phenoxy) is 1. The van der Waals surface area contributed by atoms with Crippen LogP contribution in [0.25, 0.3) is 0 Å². The van der Waals surface area contributed by atoms with E-state index in [1.807, 2.05) is 6.92 Å². The van der Waals surface area contributed by atoms with E-state index in [1.54, 1.807) is 0 Å². The Kier molecular flexibility index (Phi) is 5.97. The number of nitrogens with two attached hydrogens (primary N) is 1. The molecule has 1 aliphatic heterocycles. The third-order valence-electron chi connectivity index (χ3n) is 3.12. The summed E-state index contributed by atoms with van der Waals surface area (Å²) in [6.07, 6.45) is 0.202. The van der Waals surface area contributed by atoms with Crippen molar-refractivity contribution in [1.29, 1.82) is 0 Å². The summed E-state index contributed by atoms with van der Waals surface area (Å²) in [5.74, 6) is 1.23. The van der Waals surface area contributed by atoms with E-state index < -0.39 is 0 Å². The maximum Gasteiger partial charge on any atom is 0.0823 e. The highest BCUT2D eigenvalue weighted by atomic mass is 32.2. The second-order valence-electron chi connectivity index (χ2n) is 4.12. The molecule has 0 aromatic carbocycles. The monoisotopic (exact) mass is 232 g/mol. The molecular formula is C11H24N2OS. The molecule has 15 heavy (non-hydrogen) atoms. The summed E-state index contributed by atoms with van der Waals surface area (Å²) in [6, 6.07) is 0.637. The van der Waals surface area contributed by atoms with Crippen molar-refractivity contribution in [2.24, 2.45) is 5.73 Å². The minimum absolute atomic E-state index is 0.202. The van der Waals surface area contributed by atoms with Crippen LogP contribution in [-0.4, -0.2) is 54.3 Å². The number of hydrogen-bond acceptors (Lipinski definition) is 4. The Morgan fingerprint density at radius 2 is 2.27 bits per heavy atom. The van der Waals surface area contributed by atoms with E-state index in [2.05, 4.69) is 30.5 Å². The average Bonchev–Trinajstić information content (AvgIpc) is 2.24. The fraction of sp³-hybridized carbons (Fsp3) is 1.00. The van der Waals surface area contributed by atoms with Crippen LogP contribution in [0.5, 0.6) is 0 Å². The van der Waals surface area contributed by atoms with Crippen LogP contribution in [0.2, 0.25) is 0 Å². The van der Waals surface area contributed by atoms with Crippen molar-refractivity contribution in [3.05, 3.63) is 0 Å². The second-order valence-corrected chi connectivity index (χ2v) is 5.61. The molecule has 2 N–H and O–H groups in total. The molecule has 3 unspecified atom stereocenters. The SMILES string of the molecule is CCOC(CN)CN1CCSC(C)C1C. The van der Waals surface area contributed by atoms with Gasteiger partial charge in [0, 0.05) is 43.3 Å². The maximum atomic E-state index is 5.70. The first-order valence-corrected chi connectivity index (χ1v) is 6.91. The van der Waals surface area contributed by atoms with Crippen molar-refractivity contribution in [1.82, 2.24) is 4.90 Å². The summed E-state index contributed by atoms with van der Waals surface area (Å²) in [7, 11) is 0. The highest BCUT2D eigenvalue weighted by Crippen LogP contribution is 2.24. The molecule has 1 rings (SSSR count). The van der Waals surface area contributed by atoms with E-state index in [4.69, 9.17) is 10.5 Å². The fourth-order valence-electron chi connectivity index (χ4n) is 1.95. The molecule has 0 aliphatic carbocycles. The van der Waals surface area contributed by atoms with Crippen molar-refractivity contribution in [2.75, 3.05) is 32.0 Å². The number of rotatable bonds is 5. The van der Waals surface area contributed by atoms with Crippen LogP contribution < -0.4 is 5.73 Å². The molecule has 1 heterocycles. The van der Waals surface area contributed by atoms with Crippen LogP contribution in [0.3, 0.4) is 0 Å². The van der Waals surface area contributed by atoms with Gasteiger partial charge >= 0.3 is 0 Å². The third kappa shape index (κ3) is 3.94. The predicted molar refractivity (Wildman–Crippen MR) is 67.4 cm³/mol. The van der Waals surface area contributed by atoms with Crippen LogP contribution in [0.1, 0.15) is 20.8 Å². The van der Waals surface area contributed by atoms with E-state index >= 15 is 0 Å². The molecule has 3 nitrogen and oxygen atoms in total. The van der Waals surface area contributed by atoms with E-state index in [1.165, 1.54) is 12.3 Å². The summed E-state index contributed by atoms with van der Waals surface area (Å²) in [4.78, 5) is 2.51. The molecule has 0 bridgehead atoms. The first kappa shape index (κ1) is 13.3. The molecule has 1 saturated heterocycles. The lowest BCUT2D eigenvalue weighted by molar-refractivity contribution is 0.0302. The molecular weight excluding hydrogens is 208 g/mol. The zero-order valence-electron chi connectivity index (χ0n) is 10.1. The summed E-state index contributed by atoms with van der Waals surface area (Å²) in [5, 5.41) is 0.721. The van der Waals surface area contributed by atoms with Gasteiger partial charge in [-0.2, -0.15) is 11.8 Å². The summed E-state index contributed by atoms with van der Waals surface area (Å²) < 4.78 is 5.60. The topological polar surface area (TPSA) is 38.5 Å². The molecule has 0 aromatic heterocycles. The zero-order valence-corrected chi connectivity index (χ0v) is 10.9. The molecule has 0 spiro atoms.